The predicted molar refractivity (Wildman–Crippen MR) is 53.0 cm³/mol. The maximum absolute atomic E-state index is 10.1. The molecule has 3 nitrogen and oxygen atoms in total. The summed E-state index contributed by atoms with van der Waals surface area (Å²) in [5.41, 5.74) is 0. The highest BCUT2D eigenvalue weighted by Gasteiger charge is 1.95. The number of rotatable bonds is 6. The van der Waals surface area contributed by atoms with Crippen LogP contribution >= 0.6 is 0 Å². The largest absolute Gasteiger partial charge is 0.494 e. The summed E-state index contributed by atoms with van der Waals surface area (Å²) in [7, 11) is 0. The Bertz CT molecular complexity index is 243. The van der Waals surface area contributed by atoms with Crippen LogP contribution in [0.4, 0.5) is 0 Å². The average Bonchev–Trinajstić information content (AvgIpc) is 2.21. The van der Waals surface area contributed by atoms with E-state index >= 15 is 0 Å². The van der Waals surface area contributed by atoms with Crippen molar-refractivity contribution in [1.82, 2.24) is 0 Å². The maximum Gasteiger partial charge on any atom is 0.221 e. The van der Waals surface area contributed by atoms with Gasteiger partial charge in [-0.15, -0.1) is 0 Å². The minimum atomic E-state index is -0.546. The van der Waals surface area contributed by atoms with Crippen LogP contribution in [0.5, 0.6) is 11.5 Å². The van der Waals surface area contributed by atoms with Crippen molar-refractivity contribution < 1.29 is 14.6 Å². The lowest BCUT2D eigenvalue weighted by Crippen LogP contribution is -1.97. The van der Waals surface area contributed by atoms with Crippen molar-refractivity contribution in [3.8, 4) is 11.5 Å². The van der Waals surface area contributed by atoms with Gasteiger partial charge in [0.1, 0.15) is 11.5 Å². The SMILES string of the molecule is CCCCOc1ccc(OC[O])cc1. The zero-order valence-electron chi connectivity index (χ0n) is 8.36. The van der Waals surface area contributed by atoms with Crippen LogP contribution in [0.2, 0.25) is 0 Å². The second kappa shape index (κ2) is 6.27. The van der Waals surface area contributed by atoms with Crippen LogP contribution in [0.25, 0.3) is 0 Å². The molecule has 0 amide bonds. The molecule has 0 aliphatic carbocycles. The summed E-state index contributed by atoms with van der Waals surface area (Å²) < 4.78 is 10.2. The van der Waals surface area contributed by atoms with Crippen LogP contribution < -0.4 is 9.47 Å². The molecule has 0 atom stereocenters. The zero-order valence-corrected chi connectivity index (χ0v) is 8.36. The van der Waals surface area contributed by atoms with Crippen LogP contribution in [0, 0.1) is 0 Å². The van der Waals surface area contributed by atoms with Crippen LogP contribution in [-0.2, 0) is 5.11 Å². The monoisotopic (exact) mass is 195 g/mol. The highest BCUT2D eigenvalue weighted by Crippen LogP contribution is 2.17. The molecule has 1 rings (SSSR count). The van der Waals surface area contributed by atoms with Gasteiger partial charge in [0.25, 0.3) is 0 Å². The van der Waals surface area contributed by atoms with E-state index in [1.165, 1.54) is 0 Å². The first-order chi connectivity index (χ1) is 6.86. The molecule has 0 unspecified atom stereocenters. The summed E-state index contributed by atoms with van der Waals surface area (Å²) in [5, 5.41) is 10.1. The van der Waals surface area contributed by atoms with Gasteiger partial charge in [-0.25, -0.2) is 0 Å². The summed E-state index contributed by atoms with van der Waals surface area (Å²) in [5.74, 6) is 1.40. The molecule has 0 bridgehead atoms. The van der Waals surface area contributed by atoms with Crippen molar-refractivity contribution in [1.29, 1.82) is 0 Å². The quantitative estimate of drug-likeness (QED) is 0.517. The van der Waals surface area contributed by atoms with Gasteiger partial charge in [0, 0.05) is 0 Å². The number of ether oxygens (including phenoxy) is 2. The fourth-order valence-electron chi connectivity index (χ4n) is 1.03. The molecule has 0 aromatic heterocycles. The van der Waals surface area contributed by atoms with Gasteiger partial charge in [0.2, 0.25) is 6.79 Å². The van der Waals surface area contributed by atoms with Crippen molar-refractivity contribution in [2.45, 2.75) is 19.8 Å². The molecule has 77 valence electrons. The minimum Gasteiger partial charge on any atom is -0.494 e. The molecule has 1 aromatic rings. The molecule has 1 aromatic carbocycles. The highest BCUT2D eigenvalue weighted by atomic mass is 16.6. The van der Waals surface area contributed by atoms with E-state index < -0.39 is 6.79 Å². The number of hydrogen-bond acceptors (Lipinski definition) is 2. The Morgan fingerprint density at radius 3 is 2.14 bits per heavy atom. The van der Waals surface area contributed by atoms with Gasteiger partial charge in [-0.1, -0.05) is 13.3 Å². The third kappa shape index (κ3) is 3.66. The van der Waals surface area contributed by atoms with E-state index in [2.05, 4.69) is 6.92 Å². The molecule has 0 N–H and O–H groups in total. The van der Waals surface area contributed by atoms with Crippen molar-refractivity contribution in [2.75, 3.05) is 13.4 Å². The van der Waals surface area contributed by atoms with Crippen LogP contribution in [0.3, 0.4) is 0 Å². The van der Waals surface area contributed by atoms with Gasteiger partial charge in [0.15, 0.2) is 0 Å². The fourth-order valence-corrected chi connectivity index (χ4v) is 1.03. The average molecular weight is 195 g/mol. The smallest absolute Gasteiger partial charge is 0.221 e. The van der Waals surface area contributed by atoms with Crippen molar-refractivity contribution in [3.05, 3.63) is 24.3 Å². The molecule has 1 radical (unpaired) electrons. The Morgan fingerprint density at radius 1 is 1.07 bits per heavy atom. The Morgan fingerprint density at radius 2 is 1.64 bits per heavy atom. The van der Waals surface area contributed by atoms with E-state index in [0.717, 1.165) is 25.2 Å². The van der Waals surface area contributed by atoms with Crippen molar-refractivity contribution in [3.63, 3.8) is 0 Å². The van der Waals surface area contributed by atoms with E-state index in [0.29, 0.717) is 5.75 Å². The first-order valence-corrected chi connectivity index (χ1v) is 4.80. The summed E-state index contributed by atoms with van der Waals surface area (Å²) in [6, 6.07) is 7.08. The molecular formula is C11H15O3. The summed E-state index contributed by atoms with van der Waals surface area (Å²) >= 11 is 0. The van der Waals surface area contributed by atoms with Gasteiger partial charge in [0.05, 0.1) is 6.61 Å². The van der Waals surface area contributed by atoms with Crippen LogP contribution in [-0.4, -0.2) is 13.4 Å². The van der Waals surface area contributed by atoms with Gasteiger partial charge in [-0.3, -0.25) is 0 Å². The maximum atomic E-state index is 10.1. The van der Waals surface area contributed by atoms with Crippen LogP contribution in [0.15, 0.2) is 24.3 Å². The summed E-state index contributed by atoms with van der Waals surface area (Å²) in [6.07, 6.45) is 2.18. The molecule has 14 heavy (non-hydrogen) atoms. The lowest BCUT2D eigenvalue weighted by atomic mass is 10.3. The lowest BCUT2D eigenvalue weighted by Gasteiger charge is -2.06. The first kappa shape index (κ1) is 10.9. The normalized spacial score (nSPS) is 9.86. The highest BCUT2D eigenvalue weighted by molar-refractivity contribution is 5.31. The lowest BCUT2D eigenvalue weighted by molar-refractivity contribution is 0.0375. The number of benzene rings is 1. The van der Waals surface area contributed by atoms with E-state index in [1.807, 2.05) is 0 Å². The van der Waals surface area contributed by atoms with Gasteiger partial charge in [-0.2, -0.15) is 5.11 Å². The van der Waals surface area contributed by atoms with Crippen molar-refractivity contribution in [2.24, 2.45) is 0 Å². The molecule has 0 aliphatic rings. The topological polar surface area (TPSA) is 38.4 Å². The molecular weight excluding hydrogens is 180 g/mol. The summed E-state index contributed by atoms with van der Waals surface area (Å²) in [4.78, 5) is 0. The molecule has 0 saturated heterocycles. The van der Waals surface area contributed by atoms with E-state index in [-0.39, 0.29) is 0 Å². The zero-order chi connectivity index (χ0) is 10.2. The van der Waals surface area contributed by atoms with Crippen molar-refractivity contribution >= 4 is 0 Å². The molecule has 0 saturated carbocycles. The molecule has 0 spiro atoms. The summed E-state index contributed by atoms with van der Waals surface area (Å²) in [6.45, 7) is 2.31. The van der Waals surface area contributed by atoms with Gasteiger partial charge < -0.3 is 9.47 Å². The molecule has 0 heterocycles. The molecule has 0 aliphatic heterocycles. The first-order valence-electron chi connectivity index (χ1n) is 4.80. The third-order valence-electron chi connectivity index (χ3n) is 1.82. The Kier molecular flexibility index (Phi) is 4.86. The molecule has 3 heteroatoms. The van der Waals surface area contributed by atoms with Gasteiger partial charge in [-0.05, 0) is 30.7 Å². The minimum absolute atomic E-state index is 0.546. The fraction of sp³-hybridized carbons (Fsp3) is 0.455. The predicted octanol–water partition coefficient (Wildman–Crippen LogP) is 2.63. The molecule has 0 fully saturated rings. The van der Waals surface area contributed by atoms with Gasteiger partial charge >= 0.3 is 0 Å². The second-order valence-electron chi connectivity index (χ2n) is 2.94. The number of unbranched alkanes of at least 4 members (excludes halogenated alkanes) is 1. The Hall–Kier alpha value is -1.22. The number of hydrogen-bond donors (Lipinski definition) is 0. The van der Waals surface area contributed by atoms with E-state index in [4.69, 9.17) is 9.47 Å². The Labute approximate surface area is 84.3 Å². The second-order valence-corrected chi connectivity index (χ2v) is 2.94. The Balaban J connectivity index is 2.38. The van der Waals surface area contributed by atoms with Crippen LogP contribution in [0.1, 0.15) is 19.8 Å². The van der Waals surface area contributed by atoms with E-state index in [9.17, 15) is 5.11 Å². The third-order valence-corrected chi connectivity index (χ3v) is 1.82. The van der Waals surface area contributed by atoms with E-state index in [1.54, 1.807) is 24.3 Å². The standard InChI is InChI=1S/C11H15O3/c1-2-3-8-13-10-4-6-11(7-5-10)14-9-12/h4-7H,2-3,8-9H2,1H3.